The van der Waals surface area contributed by atoms with Gasteiger partial charge in [-0.05, 0) is 24.1 Å². The van der Waals surface area contributed by atoms with Gasteiger partial charge in [0.2, 0.25) is 5.91 Å². The predicted octanol–water partition coefficient (Wildman–Crippen LogP) is 2.29. The zero-order valence-electron chi connectivity index (χ0n) is 7.46. The lowest BCUT2D eigenvalue weighted by molar-refractivity contribution is -0.113. The lowest BCUT2D eigenvalue weighted by Gasteiger charge is -2.16. The highest BCUT2D eigenvalue weighted by Crippen LogP contribution is 2.31. The molecule has 0 saturated heterocycles. The number of carbonyl (C=O) groups excluding carboxylic acids is 1. The van der Waals surface area contributed by atoms with Crippen LogP contribution in [0.5, 0.6) is 0 Å². The number of thioether (sulfide) groups is 1. The van der Waals surface area contributed by atoms with Crippen LogP contribution in [0, 0.1) is 0 Å². The summed E-state index contributed by atoms with van der Waals surface area (Å²) >= 11 is 1.61. The van der Waals surface area contributed by atoms with Crippen LogP contribution in [0.2, 0.25) is 0 Å². The molecule has 0 aliphatic carbocycles. The Labute approximate surface area is 81.7 Å². The summed E-state index contributed by atoms with van der Waals surface area (Å²) in [5.74, 6) is 0.641. The highest BCUT2D eigenvalue weighted by Gasteiger charge is 2.14. The molecule has 0 unspecified atom stereocenters. The van der Waals surface area contributed by atoms with Crippen LogP contribution in [-0.4, -0.2) is 11.7 Å². The molecule has 3 heteroatoms. The van der Waals surface area contributed by atoms with Gasteiger partial charge in [0.25, 0.3) is 0 Å². The second kappa shape index (κ2) is 3.42. The molecule has 1 aliphatic rings. The van der Waals surface area contributed by atoms with E-state index in [1.165, 1.54) is 10.5 Å². The third-order valence-electron chi connectivity index (χ3n) is 2.09. The summed E-state index contributed by atoms with van der Waals surface area (Å²) in [6.45, 7) is 2.13. The van der Waals surface area contributed by atoms with Gasteiger partial charge in [-0.3, -0.25) is 4.79 Å². The highest BCUT2D eigenvalue weighted by molar-refractivity contribution is 8.00. The van der Waals surface area contributed by atoms with Crippen LogP contribution in [0.15, 0.2) is 23.1 Å². The molecule has 0 radical (unpaired) electrons. The Kier molecular flexibility index (Phi) is 2.27. The van der Waals surface area contributed by atoms with E-state index >= 15 is 0 Å². The van der Waals surface area contributed by atoms with Gasteiger partial charge in [-0.25, -0.2) is 0 Å². The van der Waals surface area contributed by atoms with Crippen LogP contribution >= 0.6 is 11.8 Å². The fraction of sp³-hybridized carbons (Fsp3) is 0.300. The van der Waals surface area contributed by atoms with Crippen LogP contribution in [0.4, 0.5) is 5.69 Å². The van der Waals surface area contributed by atoms with Gasteiger partial charge in [-0.2, -0.15) is 0 Å². The number of benzene rings is 1. The molecule has 1 heterocycles. The Morgan fingerprint density at radius 1 is 1.54 bits per heavy atom. The van der Waals surface area contributed by atoms with Crippen molar-refractivity contribution in [2.75, 3.05) is 11.1 Å². The number of amides is 1. The summed E-state index contributed by atoms with van der Waals surface area (Å²) in [4.78, 5) is 12.2. The van der Waals surface area contributed by atoms with Gasteiger partial charge in [-0.15, -0.1) is 11.8 Å². The summed E-state index contributed by atoms with van der Waals surface area (Å²) in [5.41, 5.74) is 2.28. The average molecular weight is 193 g/mol. The Bertz CT molecular complexity index is 349. The number of anilines is 1. The molecule has 0 bridgehead atoms. The van der Waals surface area contributed by atoms with Gasteiger partial charge >= 0.3 is 0 Å². The summed E-state index contributed by atoms with van der Waals surface area (Å²) in [7, 11) is 0. The number of carbonyl (C=O) groups is 1. The fourth-order valence-electron chi connectivity index (χ4n) is 1.34. The van der Waals surface area contributed by atoms with E-state index in [0.29, 0.717) is 5.75 Å². The second-order valence-corrected chi connectivity index (χ2v) is 4.04. The van der Waals surface area contributed by atoms with E-state index in [9.17, 15) is 4.79 Å². The molecular formula is C10H11NOS. The zero-order valence-corrected chi connectivity index (χ0v) is 8.28. The molecule has 0 atom stereocenters. The zero-order chi connectivity index (χ0) is 9.26. The van der Waals surface area contributed by atoms with Gasteiger partial charge in [-0.1, -0.05) is 13.0 Å². The van der Waals surface area contributed by atoms with E-state index in [0.717, 1.165) is 12.1 Å². The molecule has 2 nitrogen and oxygen atoms in total. The van der Waals surface area contributed by atoms with Crippen molar-refractivity contribution in [1.29, 1.82) is 0 Å². The van der Waals surface area contributed by atoms with Crippen LogP contribution < -0.4 is 5.32 Å². The Hall–Kier alpha value is -0.960. The van der Waals surface area contributed by atoms with Gasteiger partial charge in [0.1, 0.15) is 0 Å². The molecule has 1 aliphatic heterocycles. The van der Waals surface area contributed by atoms with E-state index in [-0.39, 0.29) is 5.91 Å². The second-order valence-electron chi connectivity index (χ2n) is 3.02. The average Bonchev–Trinajstić information content (AvgIpc) is 2.17. The fourth-order valence-corrected chi connectivity index (χ4v) is 2.21. The number of aryl methyl sites for hydroxylation is 1. The molecule has 0 fully saturated rings. The van der Waals surface area contributed by atoms with Crippen LogP contribution in [0.25, 0.3) is 0 Å². The van der Waals surface area contributed by atoms with Gasteiger partial charge in [0.05, 0.1) is 11.4 Å². The van der Waals surface area contributed by atoms with E-state index in [4.69, 9.17) is 0 Å². The normalized spacial score (nSPS) is 15.0. The lowest BCUT2D eigenvalue weighted by atomic mass is 10.1. The molecule has 2 rings (SSSR count). The van der Waals surface area contributed by atoms with Crippen molar-refractivity contribution in [3.05, 3.63) is 23.8 Å². The van der Waals surface area contributed by atoms with E-state index in [2.05, 4.69) is 24.4 Å². The van der Waals surface area contributed by atoms with Crippen LogP contribution in [0.1, 0.15) is 12.5 Å². The maximum atomic E-state index is 11.0. The lowest BCUT2D eigenvalue weighted by Crippen LogP contribution is -2.18. The molecular weight excluding hydrogens is 182 g/mol. The standard InChI is InChI=1S/C10H11NOS/c1-2-7-3-4-8-9(5-7)13-6-10(12)11-8/h3-5H,2,6H2,1H3,(H,11,12). The van der Waals surface area contributed by atoms with Crippen molar-refractivity contribution >= 4 is 23.4 Å². The van der Waals surface area contributed by atoms with Crippen molar-refractivity contribution in [1.82, 2.24) is 0 Å². The Morgan fingerprint density at radius 3 is 3.15 bits per heavy atom. The van der Waals surface area contributed by atoms with Crippen molar-refractivity contribution in [2.24, 2.45) is 0 Å². The Balaban J connectivity index is 2.36. The summed E-state index contributed by atoms with van der Waals surface area (Å²) in [6, 6.07) is 6.20. The molecule has 0 spiro atoms. The summed E-state index contributed by atoms with van der Waals surface area (Å²) in [5, 5.41) is 2.85. The first-order valence-electron chi connectivity index (χ1n) is 4.35. The van der Waals surface area contributed by atoms with Crippen molar-refractivity contribution in [3.8, 4) is 0 Å². The van der Waals surface area contributed by atoms with Gasteiger partial charge in [0, 0.05) is 4.90 Å². The quantitative estimate of drug-likeness (QED) is 0.741. The number of nitrogens with one attached hydrogen (secondary N) is 1. The van der Waals surface area contributed by atoms with E-state index in [1.807, 2.05) is 6.07 Å². The SMILES string of the molecule is CCc1ccc2c(c1)SCC(=O)N2. The molecule has 0 aromatic heterocycles. The molecule has 1 aromatic carbocycles. The first-order valence-corrected chi connectivity index (χ1v) is 5.33. The maximum absolute atomic E-state index is 11.0. The monoisotopic (exact) mass is 193 g/mol. The van der Waals surface area contributed by atoms with E-state index < -0.39 is 0 Å². The molecule has 1 amide bonds. The number of hydrogen-bond donors (Lipinski definition) is 1. The summed E-state index contributed by atoms with van der Waals surface area (Å²) in [6.07, 6.45) is 1.04. The topological polar surface area (TPSA) is 29.1 Å². The van der Waals surface area contributed by atoms with Crippen molar-refractivity contribution < 1.29 is 4.79 Å². The number of hydrogen-bond acceptors (Lipinski definition) is 2. The molecule has 13 heavy (non-hydrogen) atoms. The van der Waals surface area contributed by atoms with Gasteiger partial charge in [0.15, 0.2) is 0 Å². The Morgan fingerprint density at radius 2 is 2.38 bits per heavy atom. The van der Waals surface area contributed by atoms with Gasteiger partial charge < -0.3 is 5.32 Å². The summed E-state index contributed by atoms with van der Waals surface area (Å²) < 4.78 is 0. The highest BCUT2D eigenvalue weighted by atomic mass is 32.2. The molecule has 0 saturated carbocycles. The maximum Gasteiger partial charge on any atom is 0.234 e. The number of fused-ring (bicyclic) bond motifs is 1. The first-order chi connectivity index (χ1) is 6.29. The number of rotatable bonds is 1. The molecule has 68 valence electrons. The first kappa shape index (κ1) is 8.63. The minimum Gasteiger partial charge on any atom is -0.324 e. The largest absolute Gasteiger partial charge is 0.324 e. The third-order valence-corrected chi connectivity index (χ3v) is 3.14. The van der Waals surface area contributed by atoms with Crippen molar-refractivity contribution in [2.45, 2.75) is 18.2 Å². The smallest absolute Gasteiger partial charge is 0.234 e. The van der Waals surface area contributed by atoms with Crippen molar-refractivity contribution in [3.63, 3.8) is 0 Å². The minimum absolute atomic E-state index is 0.0988. The predicted molar refractivity (Wildman–Crippen MR) is 55.2 cm³/mol. The van der Waals surface area contributed by atoms with Crippen LogP contribution in [-0.2, 0) is 11.2 Å². The third kappa shape index (κ3) is 1.70. The molecule has 1 aromatic rings. The molecule has 1 N–H and O–H groups in total. The van der Waals surface area contributed by atoms with Crippen LogP contribution in [0.3, 0.4) is 0 Å². The minimum atomic E-state index is 0.0988. The van der Waals surface area contributed by atoms with E-state index in [1.54, 1.807) is 11.8 Å².